The van der Waals surface area contributed by atoms with E-state index < -0.39 is 5.82 Å². The van der Waals surface area contributed by atoms with E-state index in [9.17, 15) is 4.39 Å². The minimum atomic E-state index is -0.401. The quantitative estimate of drug-likeness (QED) is 0.821. The molecule has 0 saturated heterocycles. The van der Waals surface area contributed by atoms with Gasteiger partial charge in [-0.15, -0.1) is 0 Å². The number of halogens is 1. The zero-order valence-corrected chi connectivity index (χ0v) is 9.77. The summed E-state index contributed by atoms with van der Waals surface area (Å²) in [5.41, 5.74) is 1.42. The second kappa shape index (κ2) is 5.83. The Hall–Kier alpha value is -2.34. The molecule has 0 aliphatic carbocycles. The molecule has 0 spiro atoms. The molecule has 0 saturated carbocycles. The van der Waals surface area contributed by atoms with Gasteiger partial charge in [-0.1, -0.05) is 36.4 Å². The maximum atomic E-state index is 13.5. The first-order valence-electron chi connectivity index (χ1n) is 5.61. The van der Waals surface area contributed by atoms with Gasteiger partial charge < -0.3 is 4.74 Å². The fraction of sp³-hybridized carbons (Fsp3) is 0.133. The highest BCUT2D eigenvalue weighted by Gasteiger charge is 2.04. The molecule has 0 aromatic heterocycles. The van der Waals surface area contributed by atoms with Gasteiger partial charge in [-0.3, -0.25) is 0 Å². The fourth-order valence-electron chi connectivity index (χ4n) is 1.59. The molecule has 2 rings (SSSR count). The summed E-state index contributed by atoms with van der Waals surface area (Å²) in [5, 5.41) is 8.52. The highest BCUT2D eigenvalue weighted by Crippen LogP contribution is 2.18. The van der Waals surface area contributed by atoms with Crippen LogP contribution in [-0.2, 0) is 13.0 Å². The summed E-state index contributed by atoms with van der Waals surface area (Å²) in [6.45, 7) is 0.401. The molecule has 2 aromatic carbocycles. The molecule has 90 valence electrons. The Morgan fingerprint density at radius 3 is 2.56 bits per heavy atom. The van der Waals surface area contributed by atoms with Crippen molar-refractivity contribution >= 4 is 0 Å². The molecule has 0 unspecified atom stereocenters. The average Bonchev–Trinajstić information content (AvgIpc) is 2.41. The molecule has 18 heavy (non-hydrogen) atoms. The van der Waals surface area contributed by atoms with Gasteiger partial charge in [0.25, 0.3) is 0 Å². The predicted octanol–water partition coefficient (Wildman–Crippen LogP) is 3.47. The van der Waals surface area contributed by atoms with Crippen LogP contribution in [0.2, 0.25) is 0 Å². The van der Waals surface area contributed by atoms with Crippen LogP contribution in [0, 0.1) is 17.1 Å². The molecule has 0 heterocycles. The molecule has 2 nitrogen and oxygen atoms in total. The third kappa shape index (κ3) is 3.08. The molecular formula is C15H12FNO. The number of nitriles is 1. The molecule has 3 heteroatoms. The summed E-state index contributed by atoms with van der Waals surface area (Å²) in [5.74, 6) is 0.0696. The summed E-state index contributed by atoms with van der Waals surface area (Å²) in [4.78, 5) is 0. The Morgan fingerprint density at radius 1 is 1.11 bits per heavy atom. The zero-order chi connectivity index (χ0) is 12.8. The minimum Gasteiger partial charge on any atom is -0.489 e. The van der Waals surface area contributed by atoms with Crippen molar-refractivity contribution in [3.8, 4) is 11.8 Å². The number of benzene rings is 2. The molecule has 0 atom stereocenters. The molecule has 0 fully saturated rings. The van der Waals surface area contributed by atoms with Crippen molar-refractivity contribution in [1.29, 1.82) is 5.26 Å². The van der Waals surface area contributed by atoms with E-state index in [4.69, 9.17) is 10.00 Å². The van der Waals surface area contributed by atoms with Gasteiger partial charge in [0.1, 0.15) is 18.2 Å². The standard InChI is InChI=1S/C15H12FNO/c16-15-10-14(7-6-13(15)8-9-17)18-11-12-4-2-1-3-5-12/h1-7,10H,8,11H2. The second-order valence-corrected chi connectivity index (χ2v) is 3.86. The highest BCUT2D eigenvalue weighted by molar-refractivity contribution is 5.30. The van der Waals surface area contributed by atoms with Gasteiger partial charge in [0.05, 0.1) is 12.5 Å². The zero-order valence-electron chi connectivity index (χ0n) is 9.77. The molecule has 0 radical (unpaired) electrons. The van der Waals surface area contributed by atoms with Crippen molar-refractivity contribution in [1.82, 2.24) is 0 Å². The Labute approximate surface area is 105 Å². The van der Waals surface area contributed by atoms with Crippen LogP contribution in [-0.4, -0.2) is 0 Å². The molecular weight excluding hydrogens is 229 g/mol. The van der Waals surface area contributed by atoms with Crippen LogP contribution in [0.15, 0.2) is 48.5 Å². The molecule has 0 aliphatic heterocycles. The normalized spacial score (nSPS) is 9.78. The van der Waals surface area contributed by atoms with Crippen molar-refractivity contribution in [2.24, 2.45) is 0 Å². The van der Waals surface area contributed by atoms with Gasteiger partial charge in [-0.2, -0.15) is 5.26 Å². The van der Waals surface area contributed by atoms with E-state index in [1.807, 2.05) is 36.4 Å². The van der Waals surface area contributed by atoms with E-state index in [0.717, 1.165) is 5.56 Å². The van der Waals surface area contributed by atoms with Crippen LogP contribution in [0.3, 0.4) is 0 Å². The van der Waals surface area contributed by atoms with Gasteiger partial charge in [-0.25, -0.2) is 4.39 Å². The monoisotopic (exact) mass is 241 g/mol. The van der Waals surface area contributed by atoms with Crippen LogP contribution in [0.4, 0.5) is 4.39 Å². The van der Waals surface area contributed by atoms with Gasteiger partial charge in [0.15, 0.2) is 0 Å². The van der Waals surface area contributed by atoms with E-state index in [1.54, 1.807) is 12.1 Å². The fourth-order valence-corrected chi connectivity index (χ4v) is 1.59. The van der Waals surface area contributed by atoms with Gasteiger partial charge >= 0.3 is 0 Å². The summed E-state index contributed by atoms with van der Waals surface area (Å²) < 4.78 is 19.0. The van der Waals surface area contributed by atoms with Crippen LogP contribution in [0.5, 0.6) is 5.75 Å². The van der Waals surface area contributed by atoms with E-state index in [0.29, 0.717) is 17.9 Å². The maximum Gasteiger partial charge on any atom is 0.131 e. The Bertz CT molecular complexity index is 560. The average molecular weight is 241 g/mol. The molecule has 0 N–H and O–H groups in total. The molecule has 0 amide bonds. The van der Waals surface area contributed by atoms with Crippen LogP contribution in [0.25, 0.3) is 0 Å². The summed E-state index contributed by atoms with van der Waals surface area (Å²) in [6.07, 6.45) is 0.0742. The number of rotatable bonds is 4. The third-order valence-corrected chi connectivity index (χ3v) is 2.54. The molecule has 0 aliphatic rings. The van der Waals surface area contributed by atoms with Crippen LogP contribution in [0.1, 0.15) is 11.1 Å². The van der Waals surface area contributed by atoms with Crippen molar-refractivity contribution in [3.05, 3.63) is 65.5 Å². The SMILES string of the molecule is N#CCc1ccc(OCc2ccccc2)cc1F. The largest absolute Gasteiger partial charge is 0.489 e. The van der Waals surface area contributed by atoms with E-state index in [2.05, 4.69) is 0 Å². The Balaban J connectivity index is 2.03. The molecule has 2 aromatic rings. The number of nitrogens with zero attached hydrogens (tertiary/aromatic N) is 1. The Kier molecular flexibility index (Phi) is 3.93. The first-order chi connectivity index (χ1) is 8.79. The molecule has 0 bridgehead atoms. The first kappa shape index (κ1) is 12.1. The summed E-state index contributed by atoms with van der Waals surface area (Å²) >= 11 is 0. The lowest BCUT2D eigenvalue weighted by atomic mass is 10.1. The van der Waals surface area contributed by atoms with Crippen LogP contribution < -0.4 is 4.74 Å². The lowest BCUT2D eigenvalue weighted by Crippen LogP contribution is -1.96. The maximum absolute atomic E-state index is 13.5. The van der Waals surface area contributed by atoms with Crippen molar-refractivity contribution in [2.45, 2.75) is 13.0 Å². The summed E-state index contributed by atoms with van der Waals surface area (Å²) in [6, 6.07) is 16.2. The van der Waals surface area contributed by atoms with Crippen molar-refractivity contribution in [3.63, 3.8) is 0 Å². The first-order valence-corrected chi connectivity index (χ1v) is 5.61. The Morgan fingerprint density at radius 2 is 1.89 bits per heavy atom. The van der Waals surface area contributed by atoms with Crippen molar-refractivity contribution < 1.29 is 9.13 Å². The third-order valence-electron chi connectivity index (χ3n) is 2.54. The number of hydrogen-bond donors (Lipinski definition) is 0. The van der Waals surface area contributed by atoms with Gasteiger partial charge in [-0.05, 0) is 11.6 Å². The van der Waals surface area contributed by atoms with Crippen molar-refractivity contribution in [2.75, 3.05) is 0 Å². The topological polar surface area (TPSA) is 33.0 Å². The van der Waals surface area contributed by atoms with E-state index >= 15 is 0 Å². The predicted molar refractivity (Wildman–Crippen MR) is 66.5 cm³/mol. The van der Waals surface area contributed by atoms with E-state index in [-0.39, 0.29) is 6.42 Å². The summed E-state index contributed by atoms with van der Waals surface area (Å²) in [7, 11) is 0. The lowest BCUT2D eigenvalue weighted by Gasteiger charge is -2.07. The highest BCUT2D eigenvalue weighted by atomic mass is 19.1. The lowest BCUT2D eigenvalue weighted by molar-refractivity contribution is 0.304. The number of ether oxygens (including phenoxy) is 1. The van der Waals surface area contributed by atoms with E-state index in [1.165, 1.54) is 6.07 Å². The second-order valence-electron chi connectivity index (χ2n) is 3.86. The van der Waals surface area contributed by atoms with Gasteiger partial charge in [0, 0.05) is 11.6 Å². The smallest absolute Gasteiger partial charge is 0.131 e. The van der Waals surface area contributed by atoms with Crippen LogP contribution >= 0.6 is 0 Å². The minimum absolute atomic E-state index is 0.0742. The van der Waals surface area contributed by atoms with Gasteiger partial charge in [0.2, 0.25) is 0 Å². The number of hydrogen-bond acceptors (Lipinski definition) is 2.